The molecule has 0 bridgehead atoms. The van der Waals surface area contributed by atoms with E-state index in [0.717, 1.165) is 32.5 Å². The fraction of sp³-hybridized carbons (Fsp3) is 0.857. The van der Waals surface area contributed by atoms with E-state index in [0.29, 0.717) is 12.6 Å². The Balaban J connectivity index is 1.80. The maximum absolute atomic E-state index is 12.4. The first-order chi connectivity index (χ1) is 9.61. The standard InChI is InChI=1S/C14H26N4O2/c1-3-6-18-7-4-11(5-8-18)17(2)14(20)12-9-16-13(19)10-15-12/h11-12,15H,3-10H2,1-2H3,(H,16,19). The highest BCUT2D eigenvalue weighted by molar-refractivity contribution is 5.86. The van der Waals surface area contributed by atoms with E-state index in [4.69, 9.17) is 0 Å². The summed E-state index contributed by atoms with van der Waals surface area (Å²) in [5.74, 6) is 0.0588. The van der Waals surface area contributed by atoms with Crippen LogP contribution < -0.4 is 10.6 Å². The summed E-state index contributed by atoms with van der Waals surface area (Å²) in [6, 6.07) is 0.0569. The van der Waals surface area contributed by atoms with Crippen molar-refractivity contribution < 1.29 is 9.59 Å². The minimum absolute atomic E-state index is 0.0374. The quantitative estimate of drug-likeness (QED) is 0.723. The van der Waals surface area contributed by atoms with Crippen LogP contribution in [0.15, 0.2) is 0 Å². The van der Waals surface area contributed by atoms with Gasteiger partial charge in [-0.1, -0.05) is 6.92 Å². The number of amides is 2. The van der Waals surface area contributed by atoms with Crippen LogP contribution in [-0.2, 0) is 9.59 Å². The number of piperidine rings is 1. The summed E-state index contributed by atoms with van der Waals surface area (Å²) < 4.78 is 0. The number of nitrogens with zero attached hydrogens (tertiary/aromatic N) is 2. The van der Waals surface area contributed by atoms with Gasteiger partial charge in [-0.05, 0) is 25.8 Å². The number of hydrogen-bond acceptors (Lipinski definition) is 4. The highest BCUT2D eigenvalue weighted by Gasteiger charge is 2.31. The van der Waals surface area contributed by atoms with Crippen molar-refractivity contribution in [1.29, 1.82) is 0 Å². The van der Waals surface area contributed by atoms with Crippen molar-refractivity contribution in [2.75, 3.05) is 39.8 Å². The lowest BCUT2D eigenvalue weighted by molar-refractivity contribution is -0.136. The van der Waals surface area contributed by atoms with Gasteiger partial charge in [0.15, 0.2) is 0 Å². The van der Waals surface area contributed by atoms with Gasteiger partial charge in [-0.2, -0.15) is 0 Å². The Kier molecular flexibility index (Phi) is 5.37. The van der Waals surface area contributed by atoms with Crippen molar-refractivity contribution in [2.45, 2.75) is 38.3 Å². The predicted octanol–water partition coefficient (Wildman–Crippen LogP) is -0.593. The van der Waals surface area contributed by atoms with Crippen molar-refractivity contribution in [3.8, 4) is 0 Å². The molecule has 6 heteroatoms. The Morgan fingerprint density at radius 2 is 2.10 bits per heavy atom. The second-order valence-electron chi connectivity index (χ2n) is 5.76. The third-order valence-corrected chi connectivity index (χ3v) is 4.30. The monoisotopic (exact) mass is 282 g/mol. The molecule has 0 aromatic rings. The third kappa shape index (κ3) is 3.70. The van der Waals surface area contributed by atoms with E-state index in [1.807, 2.05) is 11.9 Å². The highest BCUT2D eigenvalue weighted by atomic mass is 16.2. The van der Waals surface area contributed by atoms with Gasteiger partial charge in [0.05, 0.1) is 6.54 Å². The molecule has 2 aliphatic rings. The first kappa shape index (κ1) is 15.3. The number of rotatable bonds is 4. The lowest BCUT2D eigenvalue weighted by Crippen LogP contribution is -2.60. The SMILES string of the molecule is CCCN1CCC(N(C)C(=O)C2CNC(=O)CN2)CC1. The smallest absolute Gasteiger partial charge is 0.241 e. The molecule has 2 heterocycles. The van der Waals surface area contributed by atoms with Gasteiger partial charge in [0, 0.05) is 32.7 Å². The van der Waals surface area contributed by atoms with Gasteiger partial charge in [-0.3, -0.25) is 14.9 Å². The maximum Gasteiger partial charge on any atom is 0.241 e. The topological polar surface area (TPSA) is 64.7 Å². The van der Waals surface area contributed by atoms with Crippen LogP contribution in [0.25, 0.3) is 0 Å². The summed E-state index contributed by atoms with van der Waals surface area (Å²) >= 11 is 0. The number of hydrogen-bond donors (Lipinski definition) is 2. The fourth-order valence-electron chi connectivity index (χ4n) is 3.01. The average Bonchev–Trinajstić information content (AvgIpc) is 2.48. The molecule has 0 aromatic heterocycles. The lowest BCUT2D eigenvalue weighted by atomic mass is 10.0. The zero-order valence-corrected chi connectivity index (χ0v) is 12.5. The predicted molar refractivity (Wildman–Crippen MR) is 77.3 cm³/mol. The maximum atomic E-state index is 12.4. The van der Waals surface area contributed by atoms with Crippen molar-refractivity contribution in [1.82, 2.24) is 20.4 Å². The molecule has 2 amide bonds. The van der Waals surface area contributed by atoms with Crippen LogP contribution in [0, 0.1) is 0 Å². The van der Waals surface area contributed by atoms with Crippen LogP contribution in [0.5, 0.6) is 0 Å². The van der Waals surface area contributed by atoms with Gasteiger partial charge in [0.2, 0.25) is 11.8 Å². The van der Waals surface area contributed by atoms with Crippen molar-refractivity contribution in [3.63, 3.8) is 0 Å². The summed E-state index contributed by atoms with van der Waals surface area (Å²) in [6.45, 7) is 6.14. The fourth-order valence-corrected chi connectivity index (χ4v) is 3.01. The molecule has 1 unspecified atom stereocenters. The molecule has 2 rings (SSSR count). The van der Waals surface area contributed by atoms with E-state index in [2.05, 4.69) is 22.5 Å². The summed E-state index contributed by atoms with van der Waals surface area (Å²) in [7, 11) is 1.89. The number of likely N-dealkylation sites (N-methyl/N-ethyl adjacent to an activating group) is 1. The molecular weight excluding hydrogens is 256 g/mol. The molecule has 0 radical (unpaired) electrons. The zero-order valence-electron chi connectivity index (χ0n) is 12.5. The summed E-state index contributed by atoms with van der Waals surface area (Å²) in [5.41, 5.74) is 0. The molecule has 2 fully saturated rings. The third-order valence-electron chi connectivity index (χ3n) is 4.30. The van der Waals surface area contributed by atoms with E-state index < -0.39 is 0 Å². The Hall–Kier alpha value is -1.14. The molecule has 20 heavy (non-hydrogen) atoms. The number of nitrogens with one attached hydrogen (secondary N) is 2. The Labute approximate surface area is 120 Å². The normalized spacial score (nSPS) is 25.3. The average molecular weight is 282 g/mol. The van der Waals surface area contributed by atoms with E-state index >= 15 is 0 Å². The van der Waals surface area contributed by atoms with Gasteiger partial charge in [0.25, 0.3) is 0 Å². The minimum atomic E-state index is -0.272. The number of likely N-dealkylation sites (tertiary alicyclic amines) is 1. The lowest BCUT2D eigenvalue weighted by Gasteiger charge is -2.38. The van der Waals surface area contributed by atoms with E-state index in [1.165, 1.54) is 6.42 Å². The van der Waals surface area contributed by atoms with Crippen LogP contribution in [-0.4, -0.2) is 73.5 Å². The number of carbonyl (C=O) groups excluding carboxylic acids is 2. The molecule has 2 saturated heterocycles. The number of carbonyl (C=O) groups is 2. The van der Waals surface area contributed by atoms with E-state index in [-0.39, 0.29) is 24.4 Å². The first-order valence-corrected chi connectivity index (χ1v) is 7.61. The molecule has 0 saturated carbocycles. The van der Waals surface area contributed by atoms with Gasteiger partial charge in [-0.15, -0.1) is 0 Å². The summed E-state index contributed by atoms with van der Waals surface area (Å²) in [4.78, 5) is 27.8. The van der Waals surface area contributed by atoms with Crippen LogP contribution in [0.4, 0.5) is 0 Å². The molecule has 0 aliphatic carbocycles. The van der Waals surface area contributed by atoms with Gasteiger partial charge >= 0.3 is 0 Å². The van der Waals surface area contributed by atoms with E-state index in [9.17, 15) is 9.59 Å². The van der Waals surface area contributed by atoms with Crippen LogP contribution in [0.2, 0.25) is 0 Å². The van der Waals surface area contributed by atoms with Crippen molar-refractivity contribution in [3.05, 3.63) is 0 Å². The largest absolute Gasteiger partial charge is 0.353 e. The second-order valence-corrected chi connectivity index (χ2v) is 5.76. The minimum Gasteiger partial charge on any atom is -0.353 e. The second kappa shape index (κ2) is 7.04. The van der Waals surface area contributed by atoms with Crippen LogP contribution in [0.3, 0.4) is 0 Å². The summed E-state index contributed by atoms with van der Waals surface area (Å²) in [5, 5.41) is 5.74. The number of piperazine rings is 1. The highest BCUT2D eigenvalue weighted by Crippen LogP contribution is 2.16. The first-order valence-electron chi connectivity index (χ1n) is 7.61. The van der Waals surface area contributed by atoms with Crippen molar-refractivity contribution in [2.24, 2.45) is 0 Å². The van der Waals surface area contributed by atoms with E-state index in [1.54, 1.807) is 0 Å². The molecular formula is C14H26N4O2. The zero-order chi connectivity index (χ0) is 14.5. The van der Waals surface area contributed by atoms with Gasteiger partial charge in [0.1, 0.15) is 6.04 Å². The van der Waals surface area contributed by atoms with Gasteiger partial charge in [-0.25, -0.2) is 0 Å². The van der Waals surface area contributed by atoms with Crippen LogP contribution in [0.1, 0.15) is 26.2 Å². The Bertz CT molecular complexity index is 343. The Morgan fingerprint density at radius 3 is 2.65 bits per heavy atom. The molecule has 6 nitrogen and oxygen atoms in total. The van der Waals surface area contributed by atoms with Gasteiger partial charge < -0.3 is 15.1 Å². The molecule has 114 valence electrons. The van der Waals surface area contributed by atoms with Crippen molar-refractivity contribution >= 4 is 11.8 Å². The Morgan fingerprint density at radius 1 is 1.40 bits per heavy atom. The summed E-state index contributed by atoms with van der Waals surface area (Å²) in [6.07, 6.45) is 3.27. The molecule has 2 N–H and O–H groups in total. The molecule has 1 atom stereocenters. The van der Waals surface area contributed by atoms with Crippen LogP contribution >= 0.6 is 0 Å². The molecule has 0 aromatic carbocycles. The molecule has 2 aliphatic heterocycles. The molecule has 0 spiro atoms.